The van der Waals surface area contributed by atoms with Crippen LogP contribution in [-0.4, -0.2) is 27.6 Å². The van der Waals surface area contributed by atoms with Crippen molar-refractivity contribution in [2.75, 3.05) is 6.54 Å². The number of nitrogens with zero attached hydrogens (tertiary/aromatic N) is 1. The highest BCUT2D eigenvalue weighted by Crippen LogP contribution is 2.34. The van der Waals surface area contributed by atoms with Crippen LogP contribution in [0.5, 0.6) is 0 Å². The second kappa shape index (κ2) is 8.03. The van der Waals surface area contributed by atoms with Crippen molar-refractivity contribution in [2.24, 2.45) is 0 Å². The lowest BCUT2D eigenvalue weighted by Gasteiger charge is -2.09. The number of aromatic carboxylic acids is 1. The number of rotatable bonds is 2. The Bertz CT molecular complexity index is 1070. The zero-order chi connectivity index (χ0) is 19.7. The Labute approximate surface area is 170 Å². The van der Waals surface area contributed by atoms with Crippen molar-refractivity contribution in [2.45, 2.75) is 38.1 Å². The molecule has 1 saturated heterocycles. The van der Waals surface area contributed by atoms with E-state index in [4.69, 9.17) is 16.7 Å². The summed E-state index contributed by atoms with van der Waals surface area (Å²) in [5.41, 5.74) is 2.09. The summed E-state index contributed by atoms with van der Waals surface area (Å²) in [4.78, 5) is 30.5. The molecule has 5 rings (SSSR count). The Balaban J connectivity index is 0.000000143. The highest BCUT2D eigenvalue weighted by atomic mass is 35.5. The second-order valence-electron chi connectivity index (χ2n) is 6.96. The molecule has 0 spiro atoms. The molecule has 0 saturated carbocycles. The minimum atomic E-state index is -1.20. The van der Waals surface area contributed by atoms with Gasteiger partial charge in [-0.3, -0.25) is 4.79 Å². The summed E-state index contributed by atoms with van der Waals surface area (Å²) >= 11 is 7.24. The van der Waals surface area contributed by atoms with E-state index in [1.807, 2.05) is 12.1 Å². The van der Waals surface area contributed by atoms with Crippen LogP contribution in [0.4, 0.5) is 0 Å². The number of aryl methyl sites for hydroxylation is 2. The van der Waals surface area contributed by atoms with E-state index in [-0.39, 0.29) is 11.4 Å². The van der Waals surface area contributed by atoms with Crippen molar-refractivity contribution in [1.29, 1.82) is 0 Å². The number of aromatic nitrogens is 2. The largest absolute Gasteiger partial charge is 0.475 e. The van der Waals surface area contributed by atoms with E-state index < -0.39 is 5.97 Å². The zero-order valence-corrected chi connectivity index (χ0v) is 16.7. The van der Waals surface area contributed by atoms with Gasteiger partial charge in [0.1, 0.15) is 4.83 Å². The lowest BCUT2D eigenvalue weighted by Crippen LogP contribution is -2.15. The summed E-state index contributed by atoms with van der Waals surface area (Å²) in [6, 6.07) is 8.67. The van der Waals surface area contributed by atoms with Crippen molar-refractivity contribution in [3.05, 3.63) is 61.5 Å². The smallest absolute Gasteiger partial charge is 0.372 e. The summed E-state index contributed by atoms with van der Waals surface area (Å²) in [6.07, 6.45) is 5.47. The summed E-state index contributed by atoms with van der Waals surface area (Å²) < 4.78 is 0. The van der Waals surface area contributed by atoms with Crippen LogP contribution in [0.3, 0.4) is 0 Å². The molecule has 8 heteroatoms. The average molecular weight is 418 g/mol. The number of thiophene rings is 1. The van der Waals surface area contributed by atoms with Crippen LogP contribution in [-0.2, 0) is 12.8 Å². The third-order valence-electron chi connectivity index (χ3n) is 5.11. The Hall–Kier alpha value is -2.22. The number of fused-ring (bicyclic) bond motifs is 3. The number of H-pyrrole nitrogens is 1. The van der Waals surface area contributed by atoms with E-state index in [2.05, 4.69) is 27.4 Å². The molecule has 1 aromatic carbocycles. The molecule has 3 N–H and O–H groups in total. The fourth-order valence-electron chi connectivity index (χ4n) is 3.77. The number of carbonyl (C=O) groups is 1. The molecule has 1 atom stereocenters. The maximum absolute atomic E-state index is 11.8. The van der Waals surface area contributed by atoms with Gasteiger partial charge in [-0.05, 0) is 61.9 Å². The summed E-state index contributed by atoms with van der Waals surface area (Å²) in [5.74, 6) is -1.48. The third kappa shape index (κ3) is 3.83. The number of benzene rings is 1. The van der Waals surface area contributed by atoms with E-state index in [9.17, 15) is 9.59 Å². The minimum absolute atomic E-state index is 0.280. The van der Waals surface area contributed by atoms with Gasteiger partial charge < -0.3 is 15.4 Å². The summed E-state index contributed by atoms with van der Waals surface area (Å²) in [7, 11) is 0. The minimum Gasteiger partial charge on any atom is -0.475 e. The Morgan fingerprint density at radius 1 is 1.21 bits per heavy atom. The number of carboxylic acid groups (broad SMARTS) is 1. The van der Waals surface area contributed by atoms with E-state index in [1.165, 1.54) is 34.6 Å². The van der Waals surface area contributed by atoms with Crippen LogP contribution in [0.25, 0.3) is 10.2 Å². The van der Waals surface area contributed by atoms with E-state index in [0.29, 0.717) is 16.3 Å². The molecule has 0 amide bonds. The van der Waals surface area contributed by atoms with Crippen LogP contribution in [0.1, 0.15) is 51.9 Å². The van der Waals surface area contributed by atoms with Gasteiger partial charge in [0, 0.05) is 15.9 Å². The van der Waals surface area contributed by atoms with E-state index in [1.54, 1.807) is 0 Å². The SMILES string of the molecule is Clc1ccc(C2CCCN2)cc1.O=C(O)c1nc2sc3c(c2c(=O)[nH]1)CCC3. The number of nitrogens with one attached hydrogen (secondary N) is 2. The first-order valence-electron chi connectivity index (χ1n) is 9.29. The van der Waals surface area contributed by atoms with Gasteiger partial charge in [0.2, 0.25) is 5.82 Å². The first-order chi connectivity index (χ1) is 13.5. The van der Waals surface area contributed by atoms with Crippen molar-refractivity contribution in [3.8, 4) is 0 Å². The number of halogens is 1. The molecule has 6 nitrogen and oxygen atoms in total. The summed E-state index contributed by atoms with van der Waals surface area (Å²) in [6.45, 7) is 1.15. The highest BCUT2D eigenvalue weighted by molar-refractivity contribution is 7.18. The molecule has 0 radical (unpaired) electrons. The molecule has 1 unspecified atom stereocenters. The average Bonchev–Trinajstić information content (AvgIpc) is 3.39. The van der Waals surface area contributed by atoms with Crippen LogP contribution >= 0.6 is 22.9 Å². The monoisotopic (exact) mass is 417 g/mol. The standard InChI is InChI=1S/C10H12ClN.C10H8N2O3S/c11-9-5-3-8(4-6-9)10-2-1-7-12-10;13-8-6-4-2-1-3-5(4)16-9(6)12-7(11-8)10(14)15/h3-6,10,12H,1-2,7H2;1-3H2,(H,14,15)(H,11,12,13). The Kier molecular flexibility index (Phi) is 5.48. The van der Waals surface area contributed by atoms with Crippen LogP contribution in [0.2, 0.25) is 5.02 Å². The quantitative estimate of drug-likeness (QED) is 0.587. The zero-order valence-electron chi connectivity index (χ0n) is 15.1. The molecule has 2 aliphatic rings. The molecule has 3 aromatic rings. The van der Waals surface area contributed by atoms with E-state index >= 15 is 0 Å². The molecular weight excluding hydrogens is 398 g/mol. The third-order valence-corrected chi connectivity index (χ3v) is 6.55. The molecule has 28 heavy (non-hydrogen) atoms. The Morgan fingerprint density at radius 2 is 2.00 bits per heavy atom. The van der Waals surface area contributed by atoms with Crippen molar-refractivity contribution in [3.63, 3.8) is 0 Å². The molecular formula is C20H20ClN3O3S. The van der Waals surface area contributed by atoms with Crippen LogP contribution in [0.15, 0.2) is 29.1 Å². The fraction of sp³-hybridized carbons (Fsp3) is 0.350. The molecule has 3 heterocycles. The number of aromatic amines is 1. The van der Waals surface area contributed by atoms with Gasteiger partial charge in [0.15, 0.2) is 0 Å². The second-order valence-corrected chi connectivity index (χ2v) is 8.48. The van der Waals surface area contributed by atoms with Gasteiger partial charge in [-0.25, -0.2) is 9.78 Å². The summed E-state index contributed by atoms with van der Waals surface area (Å²) in [5, 5.41) is 13.6. The highest BCUT2D eigenvalue weighted by Gasteiger charge is 2.22. The molecule has 1 aliphatic carbocycles. The number of hydrogen-bond acceptors (Lipinski definition) is 5. The maximum Gasteiger partial charge on any atom is 0.372 e. The van der Waals surface area contributed by atoms with Crippen molar-refractivity contribution >= 4 is 39.1 Å². The van der Waals surface area contributed by atoms with Gasteiger partial charge in [0.05, 0.1) is 5.39 Å². The van der Waals surface area contributed by atoms with Gasteiger partial charge in [0.25, 0.3) is 5.56 Å². The molecule has 0 bridgehead atoms. The first-order valence-corrected chi connectivity index (χ1v) is 10.5. The van der Waals surface area contributed by atoms with Crippen LogP contribution in [0, 0.1) is 0 Å². The fourth-order valence-corrected chi connectivity index (χ4v) is 5.16. The maximum atomic E-state index is 11.8. The predicted molar refractivity (Wildman–Crippen MR) is 111 cm³/mol. The van der Waals surface area contributed by atoms with Crippen LogP contribution < -0.4 is 10.9 Å². The predicted octanol–water partition coefficient (Wildman–Crippen LogP) is 3.94. The molecule has 1 aliphatic heterocycles. The normalized spacial score (nSPS) is 18.0. The van der Waals surface area contributed by atoms with Crippen molar-refractivity contribution in [1.82, 2.24) is 15.3 Å². The number of hydrogen-bond donors (Lipinski definition) is 3. The molecule has 2 aromatic heterocycles. The van der Waals surface area contributed by atoms with Gasteiger partial charge in [-0.1, -0.05) is 23.7 Å². The molecule has 1 fully saturated rings. The molecule has 146 valence electrons. The lowest BCUT2D eigenvalue weighted by atomic mass is 10.1. The Morgan fingerprint density at radius 3 is 2.68 bits per heavy atom. The van der Waals surface area contributed by atoms with Gasteiger partial charge in [-0.2, -0.15) is 0 Å². The van der Waals surface area contributed by atoms with Crippen molar-refractivity contribution < 1.29 is 9.90 Å². The topological polar surface area (TPSA) is 95.1 Å². The van der Waals surface area contributed by atoms with Gasteiger partial charge >= 0.3 is 5.97 Å². The van der Waals surface area contributed by atoms with E-state index in [0.717, 1.165) is 36.4 Å². The lowest BCUT2D eigenvalue weighted by molar-refractivity contribution is 0.0683. The first kappa shape index (κ1) is 19.1. The van der Waals surface area contributed by atoms with Gasteiger partial charge in [-0.15, -0.1) is 11.3 Å². The number of carboxylic acids is 1.